The van der Waals surface area contributed by atoms with Crippen LogP contribution < -0.4 is 5.48 Å². The molecule has 4 nitrogen and oxygen atoms in total. The minimum atomic E-state index is -4.37. The molecule has 1 rings (SSSR count). The SMILES string of the molecule is CC1CCCCC1OCC(O)CNOCC(F)(F)F. The second kappa shape index (κ2) is 8.04. The summed E-state index contributed by atoms with van der Waals surface area (Å²) in [7, 11) is 0. The van der Waals surface area contributed by atoms with E-state index < -0.39 is 18.9 Å². The molecule has 19 heavy (non-hydrogen) atoms. The number of aliphatic hydroxyl groups excluding tert-OH is 1. The molecule has 0 saturated heterocycles. The maximum absolute atomic E-state index is 11.8. The highest BCUT2D eigenvalue weighted by molar-refractivity contribution is 4.73. The van der Waals surface area contributed by atoms with Gasteiger partial charge in [-0.1, -0.05) is 19.8 Å². The molecular formula is C12H22F3NO3. The Kier molecular flexibility index (Phi) is 7.06. The van der Waals surface area contributed by atoms with Crippen molar-refractivity contribution in [2.75, 3.05) is 19.8 Å². The minimum Gasteiger partial charge on any atom is -0.389 e. The Morgan fingerprint density at radius 2 is 2.00 bits per heavy atom. The van der Waals surface area contributed by atoms with Gasteiger partial charge in [0.1, 0.15) is 0 Å². The van der Waals surface area contributed by atoms with Gasteiger partial charge in [0.15, 0.2) is 6.61 Å². The summed E-state index contributed by atoms with van der Waals surface area (Å²) in [6, 6.07) is 0. The Morgan fingerprint density at radius 1 is 1.32 bits per heavy atom. The molecule has 7 heteroatoms. The normalized spacial score (nSPS) is 26.4. The topological polar surface area (TPSA) is 50.7 Å². The first kappa shape index (κ1) is 16.7. The zero-order valence-corrected chi connectivity index (χ0v) is 11.1. The van der Waals surface area contributed by atoms with Crippen LogP contribution >= 0.6 is 0 Å². The van der Waals surface area contributed by atoms with E-state index in [0.717, 1.165) is 19.3 Å². The van der Waals surface area contributed by atoms with Crippen molar-refractivity contribution in [3.8, 4) is 0 Å². The molecule has 0 bridgehead atoms. The number of ether oxygens (including phenoxy) is 1. The van der Waals surface area contributed by atoms with Crippen molar-refractivity contribution in [1.29, 1.82) is 0 Å². The van der Waals surface area contributed by atoms with Crippen LogP contribution in [0.3, 0.4) is 0 Å². The van der Waals surface area contributed by atoms with Gasteiger partial charge < -0.3 is 9.84 Å². The third-order valence-electron chi connectivity index (χ3n) is 3.19. The Morgan fingerprint density at radius 3 is 2.63 bits per heavy atom. The first-order chi connectivity index (χ1) is 8.88. The van der Waals surface area contributed by atoms with Crippen LogP contribution in [0.5, 0.6) is 0 Å². The van der Waals surface area contributed by atoms with Crippen LogP contribution in [0.2, 0.25) is 0 Å². The standard InChI is InChI=1S/C12H22F3NO3/c1-9-4-2-3-5-11(9)18-7-10(17)6-16-19-8-12(13,14)15/h9-11,16-17H,2-8H2,1H3. The molecule has 114 valence electrons. The summed E-state index contributed by atoms with van der Waals surface area (Å²) in [4.78, 5) is 4.19. The molecule has 1 aliphatic rings. The second-order valence-electron chi connectivity index (χ2n) is 5.04. The molecule has 3 unspecified atom stereocenters. The number of alkyl halides is 3. The molecule has 0 aromatic heterocycles. The van der Waals surface area contributed by atoms with Crippen molar-refractivity contribution >= 4 is 0 Å². The average molecular weight is 285 g/mol. The van der Waals surface area contributed by atoms with E-state index in [2.05, 4.69) is 17.2 Å². The van der Waals surface area contributed by atoms with Gasteiger partial charge in [-0.25, -0.2) is 0 Å². The van der Waals surface area contributed by atoms with Gasteiger partial charge in [0, 0.05) is 6.54 Å². The predicted molar refractivity (Wildman–Crippen MR) is 63.4 cm³/mol. The van der Waals surface area contributed by atoms with Gasteiger partial charge >= 0.3 is 6.18 Å². The molecule has 1 saturated carbocycles. The van der Waals surface area contributed by atoms with Gasteiger partial charge in [-0.2, -0.15) is 18.7 Å². The van der Waals surface area contributed by atoms with Crippen LogP contribution in [-0.2, 0) is 9.57 Å². The van der Waals surface area contributed by atoms with Crippen molar-refractivity contribution in [1.82, 2.24) is 5.48 Å². The molecule has 0 spiro atoms. The number of nitrogens with one attached hydrogen (secondary N) is 1. The lowest BCUT2D eigenvalue weighted by atomic mass is 9.88. The minimum absolute atomic E-state index is 0.0861. The lowest BCUT2D eigenvalue weighted by Gasteiger charge is -2.29. The quantitative estimate of drug-likeness (QED) is 0.555. The van der Waals surface area contributed by atoms with Crippen molar-refractivity contribution in [2.24, 2.45) is 5.92 Å². The third-order valence-corrected chi connectivity index (χ3v) is 3.19. The molecule has 1 aliphatic carbocycles. The molecule has 0 heterocycles. The van der Waals surface area contributed by atoms with Crippen LogP contribution in [0.4, 0.5) is 13.2 Å². The number of rotatable bonds is 7. The summed E-state index contributed by atoms with van der Waals surface area (Å²) in [6.45, 7) is 0.760. The number of aliphatic hydroxyl groups is 1. The van der Waals surface area contributed by atoms with Crippen LogP contribution in [0, 0.1) is 5.92 Å². The monoisotopic (exact) mass is 285 g/mol. The van der Waals surface area contributed by atoms with E-state index in [1.165, 1.54) is 6.42 Å². The number of halogens is 3. The van der Waals surface area contributed by atoms with Crippen LogP contribution in [-0.4, -0.2) is 43.2 Å². The van der Waals surface area contributed by atoms with Crippen molar-refractivity contribution in [2.45, 2.75) is 51.0 Å². The number of hydroxylamine groups is 1. The van der Waals surface area contributed by atoms with E-state index in [-0.39, 0.29) is 19.3 Å². The van der Waals surface area contributed by atoms with Crippen molar-refractivity contribution in [3.05, 3.63) is 0 Å². The Hall–Kier alpha value is -0.370. The molecule has 0 radical (unpaired) electrons. The fourth-order valence-corrected chi connectivity index (χ4v) is 2.11. The molecule has 2 N–H and O–H groups in total. The first-order valence-corrected chi connectivity index (χ1v) is 6.59. The van der Waals surface area contributed by atoms with Gasteiger partial charge in [-0.05, 0) is 18.8 Å². The summed E-state index contributed by atoms with van der Waals surface area (Å²) in [5, 5.41) is 9.55. The highest BCUT2D eigenvalue weighted by atomic mass is 19.4. The number of hydrogen-bond acceptors (Lipinski definition) is 4. The van der Waals surface area contributed by atoms with E-state index >= 15 is 0 Å². The third kappa shape index (κ3) is 7.71. The van der Waals surface area contributed by atoms with Gasteiger partial charge in [-0.3, -0.25) is 4.84 Å². The fraction of sp³-hybridized carbons (Fsp3) is 1.00. The Balaban J connectivity index is 2.05. The molecule has 0 aliphatic heterocycles. The lowest BCUT2D eigenvalue weighted by molar-refractivity contribution is -0.191. The van der Waals surface area contributed by atoms with E-state index in [9.17, 15) is 18.3 Å². The molecule has 0 amide bonds. The molecule has 1 fully saturated rings. The Labute approximate surface area is 111 Å². The summed E-state index contributed by atoms with van der Waals surface area (Å²) in [5.41, 5.74) is 2.09. The van der Waals surface area contributed by atoms with Crippen molar-refractivity contribution < 1.29 is 27.9 Å². The fourth-order valence-electron chi connectivity index (χ4n) is 2.11. The van der Waals surface area contributed by atoms with Crippen LogP contribution in [0.15, 0.2) is 0 Å². The second-order valence-corrected chi connectivity index (χ2v) is 5.04. The first-order valence-electron chi connectivity index (χ1n) is 6.59. The molecule has 3 atom stereocenters. The zero-order valence-electron chi connectivity index (χ0n) is 11.1. The van der Waals surface area contributed by atoms with Crippen molar-refractivity contribution in [3.63, 3.8) is 0 Å². The van der Waals surface area contributed by atoms with Crippen LogP contribution in [0.1, 0.15) is 32.6 Å². The summed E-state index contributed by atoms with van der Waals surface area (Å²) in [6.07, 6.45) is -0.679. The summed E-state index contributed by atoms with van der Waals surface area (Å²) in [5.74, 6) is 0.468. The zero-order chi connectivity index (χ0) is 14.3. The molecule has 0 aromatic carbocycles. The average Bonchev–Trinajstić information content (AvgIpc) is 2.32. The van der Waals surface area contributed by atoms with Gasteiger partial charge in [0.05, 0.1) is 18.8 Å². The summed E-state index contributed by atoms with van der Waals surface area (Å²) >= 11 is 0. The van der Waals surface area contributed by atoms with Crippen LogP contribution in [0.25, 0.3) is 0 Å². The number of hydrogen-bond donors (Lipinski definition) is 2. The Bertz CT molecular complexity index is 251. The van der Waals surface area contributed by atoms with Gasteiger partial charge in [-0.15, -0.1) is 0 Å². The highest BCUT2D eigenvalue weighted by Crippen LogP contribution is 2.26. The smallest absolute Gasteiger partial charge is 0.389 e. The van der Waals surface area contributed by atoms with E-state index in [1.54, 1.807) is 0 Å². The molecular weight excluding hydrogens is 263 g/mol. The summed E-state index contributed by atoms with van der Waals surface area (Å²) < 4.78 is 40.9. The highest BCUT2D eigenvalue weighted by Gasteiger charge is 2.28. The maximum Gasteiger partial charge on any atom is 0.413 e. The van der Waals surface area contributed by atoms with Gasteiger partial charge in [0.25, 0.3) is 0 Å². The maximum atomic E-state index is 11.8. The van der Waals surface area contributed by atoms with E-state index in [4.69, 9.17) is 4.74 Å². The van der Waals surface area contributed by atoms with E-state index in [0.29, 0.717) is 5.92 Å². The largest absolute Gasteiger partial charge is 0.413 e. The molecule has 0 aromatic rings. The van der Waals surface area contributed by atoms with E-state index in [1.807, 2.05) is 0 Å². The van der Waals surface area contributed by atoms with Gasteiger partial charge in [0.2, 0.25) is 0 Å². The predicted octanol–water partition coefficient (Wildman–Crippen LogP) is 2.03. The lowest BCUT2D eigenvalue weighted by Crippen LogP contribution is -2.35.